The number of carbonyl (C=O) groups excluding carboxylic acids is 1. The van der Waals surface area contributed by atoms with Gasteiger partial charge in [0.05, 0.1) is 32.4 Å². The van der Waals surface area contributed by atoms with Crippen molar-refractivity contribution < 1.29 is 19.0 Å². The molecule has 0 spiro atoms. The minimum atomic E-state index is -0.376. The number of hydrogen-bond acceptors (Lipinski definition) is 7. The smallest absolute Gasteiger partial charge is 0.257 e. The highest BCUT2D eigenvalue weighted by molar-refractivity contribution is 6.11. The molecule has 5 rings (SSSR count). The molecule has 0 saturated carbocycles. The molecule has 182 valence electrons. The highest BCUT2D eigenvalue weighted by Gasteiger charge is 2.25. The molecule has 0 aliphatic heterocycles. The molecule has 3 aromatic carbocycles. The molecule has 9 nitrogen and oxygen atoms in total. The Morgan fingerprint density at radius 1 is 0.889 bits per heavy atom. The summed E-state index contributed by atoms with van der Waals surface area (Å²) >= 11 is 0. The molecule has 0 radical (unpaired) electrons. The zero-order chi connectivity index (χ0) is 25.2. The summed E-state index contributed by atoms with van der Waals surface area (Å²) in [6.45, 7) is 0.203. The molecule has 0 aliphatic carbocycles. The number of nitrogens with zero attached hydrogens (tertiary/aromatic N) is 3. The number of benzene rings is 3. The molecule has 5 aromatic rings. The molecule has 2 heterocycles. The summed E-state index contributed by atoms with van der Waals surface area (Å²) in [7, 11) is 4.73. The maximum atomic E-state index is 13.5. The number of carbonyl (C=O) groups is 1. The third-order valence-corrected chi connectivity index (χ3v) is 5.98. The van der Waals surface area contributed by atoms with E-state index in [4.69, 9.17) is 29.9 Å². The number of methoxy groups -OCH3 is 3. The fourth-order valence-corrected chi connectivity index (χ4v) is 4.23. The number of nitrogens with one attached hydrogen (secondary N) is 1. The van der Waals surface area contributed by atoms with Crippen molar-refractivity contribution >= 4 is 33.9 Å². The van der Waals surface area contributed by atoms with Gasteiger partial charge in [0.1, 0.15) is 22.6 Å². The fraction of sp³-hybridized carbons (Fsp3) is 0.148. The number of anilines is 1. The SMILES string of the molecule is COc1ccc(-n2c(N)c(C(=O)NCc3cccc(OC)c3OC)c3nc4ccccc4nc32)cc1. The predicted molar refractivity (Wildman–Crippen MR) is 138 cm³/mol. The van der Waals surface area contributed by atoms with Crippen molar-refractivity contribution in [3.63, 3.8) is 0 Å². The lowest BCUT2D eigenvalue weighted by atomic mass is 10.1. The lowest BCUT2D eigenvalue weighted by Crippen LogP contribution is -2.24. The lowest BCUT2D eigenvalue weighted by Gasteiger charge is -2.13. The molecule has 0 fully saturated rings. The van der Waals surface area contributed by atoms with Gasteiger partial charge in [0.25, 0.3) is 5.91 Å². The van der Waals surface area contributed by atoms with E-state index in [1.807, 2.05) is 60.7 Å². The molecule has 0 bridgehead atoms. The number of hydrogen-bond donors (Lipinski definition) is 2. The summed E-state index contributed by atoms with van der Waals surface area (Å²) in [6, 6.07) is 20.3. The first-order valence-electron chi connectivity index (χ1n) is 11.2. The molecular weight excluding hydrogens is 458 g/mol. The zero-order valence-corrected chi connectivity index (χ0v) is 20.1. The summed E-state index contributed by atoms with van der Waals surface area (Å²) < 4.78 is 17.9. The van der Waals surface area contributed by atoms with Crippen LogP contribution in [0.5, 0.6) is 17.2 Å². The van der Waals surface area contributed by atoms with Crippen molar-refractivity contribution in [2.24, 2.45) is 0 Å². The first-order chi connectivity index (χ1) is 17.5. The number of nitrogens with two attached hydrogens (primary N) is 1. The van der Waals surface area contributed by atoms with Gasteiger partial charge in [-0.25, -0.2) is 9.97 Å². The third kappa shape index (κ3) is 3.90. The van der Waals surface area contributed by atoms with Crippen LogP contribution in [0.1, 0.15) is 15.9 Å². The van der Waals surface area contributed by atoms with Crippen LogP contribution in [0.25, 0.3) is 27.9 Å². The summed E-state index contributed by atoms with van der Waals surface area (Å²) in [6.07, 6.45) is 0. The minimum absolute atomic E-state index is 0.203. The van der Waals surface area contributed by atoms with E-state index >= 15 is 0 Å². The third-order valence-electron chi connectivity index (χ3n) is 5.98. The van der Waals surface area contributed by atoms with Gasteiger partial charge in [-0.2, -0.15) is 0 Å². The van der Waals surface area contributed by atoms with Crippen molar-refractivity contribution in [1.29, 1.82) is 0 Å². The average molecular weight is 484 g/mol. The molecular formula is C27H25N5O4. The topological polar surface area (TPSA) is 114 Å². The van der Waals surface area contributed by atoms with Gasteiger partial charge in [0, 0.05) is 17.8 Å². The van der Waals surface area contributed by atoms with E-state index in [2.05, 4.69) is 5.32 Å². The van der Waals surface area contributed by atoms with Gasteiger partial charge in [-0.15, -0.1) is 0 Å². The summed E-state index contributed by atoms with van der Waals surface area (Å²) in [5.41, 5.74) is 10.6. The highest BCUT2D eigenvalue weighted by Crippen LogP contribution is 2.33. The van der Waals surface area contributed by atoms with E-state index in [0.29, 0.717) is 39.4 Å². The van der Waals surface area contributed by atoms with E-state index < -0.39 is 0 Å². The Labute approximate surface area is 207 Å². The Bertz CT molecular complexity index is 1580. The monoisotopic (exact) mass is 483 g/mol. The van der Waals surface area contributed by atoms with E-state index in [1.165, 1.54) is 0 Å². The van der Waals surface area contributed by atoms with Crippen molar-refractivity contribution in [3.05, 3.63) is 77.9 Å². The zero-order valence-electron chi connectivity index (χ0n) is 20.1. The summed E-state index contributed by atoms with van der Waals surface area (Å²) in [5.74, 6) is 1.70. The normalized spacial score (nSPS) is 11.0. The Kier molecular flexibility index (Phi) is 6.03. The van der Waals surface area contributed by atoms with E-state index in [-0.39, 0.29) is 23.8 Å². The number of para-hydroxylation sites is 3. The number of fused-ring (bicyclic) bond motifs is 2. The van der Waals surface area contributed by atoms with Crippen LogP contribution < -0.4 is 25.3 Å². The first kappa shape index (κ1) is 23.0. The Hall–Kier alpha value is -4.79. The molecule has 0 atom stereocenters. The van der Waals surface area contributed by atoms with Gasteiger partial charge < -0.3 is 25.3 Å². The molecule has 3 N–H and O–H groups in total. The van der Waals surface area contributed by atoms with Crippen LogP contribution in [0.4, 0.5) is 5.82 Å². The maximum Gasteiger partial charge on any atom is 0.257 e. The van der Waals surface area contributed by atoms with Crippen molar-refractivity contribution in [2.75, 3.05) is 27.1 Å². The van der Waals surface area contributed by atoms with Crippen LogP contribution in [0.2, 0.25) is 0 Å². The first-order valence-corrected chi connectivity index (χ1v) is 11.2. The van der Waals surface area contributed by atoms with Gasteiger partial charge in [0.2, 0.25) is 0 Å². The van der Waals surface area contributed by atoms with Gasteiger partial charge in [-0.05, 0) is 42.5 Å². The summed E-state index contributed by atoms with van der Waals surface area (Å²) in [5, 5.41) is 2.95. The maximum absolute atomic E-state index is 13.5. The number of rotatable bonds is 7. The van der Waals surface area contributed by atoms with Crippen LogP contribution in [-0.4, -0.2) is 41.8 Å². The van der Waals surface area contributed by atoms with Crippen molar-refractivity contribution in [1.82, 2.24) is 19.9 Å². The van der Waals surface area contributed by atoms with Gasteiger partial charge in [0.15, 0.2) is 17.1 Å². The van der Waals surface area contributed by atoms with Crippen molar-refractivity contribution in [3.8, 4) is 22.9 Å². The fourth-order valence-electron chi connectivity index (χ4n) is 4.23. The molecule has 2 aromatic heterocycles. The second kappa shape index (κ2) is 9.46. The van der Waals surface area contributed by atoms with E-state index in [1.54, 1.807) is 32.0 Å². The lowest BCUT2D eigenvalue weighted by molar-refractivity contribution is 0.0953. The highest BCUT2D eigenvalue weighted by atomic mass is 16.5. The number of ether oxygens (including phenoxy) is 3. The van der Waals surface area contributed by atoms with Crippen LogP contribution in [0, 0.1) is 0 Å². The van der Waals surface area contributed by atoms with Crippen LogP contribution >= 0.6 is 0 Å². The largest absolute Gasteiger partial charge is 0.497 e. The quantitative estimate of drug-likeness (QED) is 0.358. The van der Waals surface area contributed by atoms with Crippen LogP contribution in [0.3, 0.4) is 0 Å². The Morgan fingerprint density at radius 3 is 2.28 bits per heavy atom. The Morgan fingerprint density at radius 2 is 1.61 bits per heavy atom. The average Bonchev–Trinajstić information content (AvgIpc) is 3.20. The van der Waals surface area contributed by atoms with Crippen LogP contribution in [0.15, 0.2) is 66.7 Å². The van der Waals surface area contributed by atoms with Gasteiger partial charge in [-0.1, -0.05) is 24.3 Å². The Balaban J connectivity index is 1.61. The van der Waals surface area contributed by atoms with Gasteiger partial charge in [-0.3, -0.25) is 9.36 Å². The number of aromatic nitrogens is 3. The molecule has 1 amide bonds. The molecule has 0 saturated heterocycles. The number of amides is 1. The predicted octanol–water partition coefficient (Wildman–Crippen LogP) is 4.11. The molecule has 0 unspecified atom stereocenters. The number of nitrogen functional groups attached to an aromatic ring is 1. The molecule has 0 aliphatic rings. The van der Waals surface area contributed by atoms with Crippen molar-refractivity contribution in [2.45, 2.75) is 6.54 Å². The summed E-state index contributed by atoms with van der Waals surface area (Å²) in [4.78, 5) is 23.1. The second-order valence-electron chi connectivity index (χ2n) is 8.01. The second-order valence-corrected chi connectivity index (χ2v) is 8.01. The standard InChI is InChI=1S/C27H25N5O4/c1-34-18-13-11-17(12-14-18)32-25(28)22(23-26(32)31-20-9-5-4-8-19(20)30-23)27(33)29-15-16-7-6-10-21(35-2)24(16)36-3/h4-14H,15,28H2,1-3H3,(H,29,33). The molecule has 9 heteroatoms. The van der Waals surface area contributed by atoms with E-state index in [0.717, 1.165) is 11.3 Å². The van der Waals surface area contributed by atoms with Crippen LogP contribution in [-0.2, 0) is 6.54 Å². The van der Waals surface area contributed by atoms with E-state index in [9.17, 15) is 4.79 Å². The molecule has 36 heavy (non-hydrogen) atoms. The minimum Gasteiger partial charge on any atom is -0.497 e. The van der Waals surface area contributed by atoms with Gasteiger partial charge >= 0.3 is 0 Å².